The Bertz CT molecular complexity index is 1170. The molecule has 0 aliphatic rings. The number of ether oxygens (including phenoxy) is 2. The lowest BCUT2D eigenvalue weighted by Gasteiger charge is -2.08. The Hall–Kier alpha value is -3.95. The predicted octanol–water partition coefficient (Wildman–Crippen LogP) is 2.09. The largest absolute Gasteiger partial charge is 0.497 e. The van der Waals surface area contributed by atoms with Crippen LogP contribution in [0.25, 0.3) is 17.0 Å². The molecule has 0 spiro atoms. The number of aromatic amines is 1. The fourth-order valence-electron chi connectivity index (χ4n) is 2.75. The lowest BCUT2D eigenvalue weighted by molar-refractivity contribution is 0.101. The van der Waals surface area contributed by atoms with Crippen LogP contribution in [0.4, 0.5) is 5.82 Å². The summed E-state index contributed by atoms with van der Waals surface area (Å²) in [7, 11) is 3.16. The number of fused-ring (bicyclic) bond motifs is 1. The number of aromatic nitrogens is 6. The zero-order valence-corrected chi connectivity index (χ0v) is 15.4. The fraction of sp³-hybridized carbons (Fsp3) is 0.167. The van der Waals surface area contributed by atoms with E-state index >= 15 is 0 Å². The van der Waals surface area contributed by atoms with Gasteiger partial charge in [0.25, 0.3) is 11.7 Å². The second-order valence-corrected chi connectivity index (χ2v) is 5.95. The summed E-state index contributed by atoms with van der Waals surface area (Å²) in [5, 5.41) is 17.6. The number of hydrogen-bond donors (Lipinski definition) is 2. The van der Waals surface area contributed by atoms with Crippen LogP contribution in [-0.2, 0) is 0 Å². The second-order valence-electron chi connectivity index (χ2n) is 5.95. The summed E-state index contributed by atoms with van der Waals surface area (Å²) in [6.07, 6.45) is 1.70. The van der Waals surface area contributed by atoms with E-state index in [1.165, 1.54) is 4.40 Å². The number of nitrogens with zero attached hydrogens (tertiary/aromatic N) is 5. The van der Waals surface area contributed by atoms with Crippen molar-refractivity contribution >= 4 is 17.5 Å². The molecular formula is C18H17N7O3. The number of H-pyrrole nitrogens is 1. The van der Waals surface area contributed by atoms with Crippen LogP contribution in [0, 0.1) is 6.92 Å². The summed E-state index contributed by atoms with van der Waals surface area (Å²) in [5.41, 5.74) is 2.25. The van der Waals surface area contributed by atoms with Crippen LogP contribution in [0.3, 0.4) is 0 Å². The van der Waals surface area contributed by atoms with E-state index in [1.54, 1.807) is 38.6 Å². The molecule has 3 aromatic heterocycles. The first-order chi connectivity index (χ1) is 13.6. The van der Waals surface area contributed by atoms with E-state index in [2.05, 4.69) is 30.7 Å². The molecule has 0 saturated carbocycles. The van der Waals surface area contributed by atoms with Gasteiger partial charge in [0.1, 0.15) is 11.5 Å². The summed E-state index contributed by atoms with van der Waals surface area (Å²) in [4.78, 5) is 16.8. The number of methoxy groups -OCH3 is 2. The maximum Gasteiger partial charge on any atom is 0.295 e. The molecule has 10 heteroatoms. The number of anilines is 1. The summed E-state index contributed by atoms with van der Waals surface area (Å²) >= 11 is 0. The first kappa shape index (κ1) is 17.5. The Kier molecular flexibility index (Phi) is 4.36. The Labute approximate surface area is 159 Å². The molecule has 1 aromatic carbocycles. The number of carbonyl (C=O) groups is 1. The molecule has 0 aliphatic carbocycles. The van der Waals surface area contributed by atoms with E-state index in [4.69, 9.17) is 9.47 Å². The lowest BCUT2D eigenvalue weighted by atomic mass is 10.1. The maximum absolute atomic E-state index is 12.6. The molecule has 4 aromatic rings. The molecule has 142 valence electrons. The number of hydrogen-bond acceptors (Lipinski definition) is 7. The van der Waals surface area contributed by atoms with Gasteiger partial charge in [-0.2, -0.15) is 5.10 Å². The molecule has 1 amide bonds. The molecule has 0 saturated heterocycles. The van der Waals surface area contributed by atoms with Crippen molar-refractivity contribution in [1.29, 1.82) is 0 Å². The third kappa shape index (κ3) is 3.11. The van der Waals surface area contributed by atoms with Crippen LogP contribution in [0.5, 0.6) is 11.5 Å². The van der Waals surface area contributed by atoms with Gasteiger partial charge < -0.3 is 14.8 Å². The number of nitrogens with one attached hydrogen (secondary N) is 2. The molecule has 28 heavy (non-hydrogen) atoms. The smallest absolute Gasteiger partial charge is 0.295 e. The van der Waals surface area contributed by atoms with Crippen molar-refractivity contribution in [2.45, 2.75) is 6.92 Å². The minimum absolute atomic E-state index is 0.120. The first-order valence-corrected chi connectivity index (χ1v) is 8.36. The van der Waals surface area contributed by atoms with Crippen LogP contribution in [0.2, 0.25) is 0 Å². The Morgan fingerprint density at radius 2 is 2.00 bits per heavy atom. The highest BCUT2D eigenvalue weighted by Crippen LogP contribution is 2.33. The maximum atomic E-state index is 12.6. The number of carbonyl (C=O) groups excluding carboxylic acids is 1. The average molecular weight is 379 g/mol. The predicted molar refractivity (Wildman–Crippen MR) is 101 cm³/mol. The van der Waals surface area contributed by atoms with Gasteiger partial charge in [0.05, 0.1) is 19.9 Å². The zero-order valence-electron chi connectivity index (χ0n) is 15.4. The number of amides is 1. The second kappa shape index (κ2) is 6.99. The van der Waals surface area contributed by atoms with Crippen molar-refractivity contribution in [3.05, 3.63) is 48.0 Å². The van der Waals surface area contributed by atoms with Gasteiger partial charge in [0.2, 0.25) is 5.82 Å². The fourth-order valence-corrected chi connectivity index (χ4v) is 2.75. The molecule has 0 bridgehead atoms. The van der Waals surface area contributed by atoms with Gasteiger partial charge in [-0.1, -0.05) is 0 Å². The number of benzene rings is 1. The molecule has 0 aliphatic heterocycles. The number of rotatable bonds is 5. The topological polar surface area (TPSA) is 119 Å². The summed E-state index contributed by atoms with van der Waals surface area (Å²) in [6.45, 7) is 1.84. The van der Waals surface area contributed by atoms with Crippen LogP contribution in [0.15, 0.2) is 36.5 Å². The summed E-state index contributed by atoms with van der Waals surface area (Å²) < 4.78 is 12.1. The van der Waals surface area contributed by atoms with Crippen LogP contribution >= 0.6 is 0 Å². The van der Waals surface area contributed by atoms with E-state index in [0.29, 0.717) is 28.8 Å². The van der Waals surface area contributed by atoms with Crippen LogP contribution < -0.4 is 14.8 Å². The third-order valence-electron chi connectivity index (χ3n) is 4.14. The monoisotopic (exact) mass is 379 g/mol. The standard InChI is InChI=1S/C18H17N7O3/c1-10-6-7-25-16(23-24-18(25)19-10)17(26)20-15-9-13(21-22-15)12-5-4-11(27-2)8-14(12)28-3/h4-9H,1-3H3,(H2,20,21,22,26). The van der Waals surface area contributed by atoms with E-state index in [9.17, 15) is 4.79 Å². The SMILES string of the molecule is COc1ccc(-c2cc(NC(=O)c3nnc4nc(C)ccn34)n[nH]2)c(OC)c1. The summed E-state index contributed by atoms with van der Waals surface area (Å²) in [6, 6.07) is 8.90. The van der Waals surface area contributed by atoms with E-state index in [1.807, 2.05) is 19.1 Å². The Morgan fingerprint density at radius 3 is 2.79 bits per heavy atom. The molecule has 2 N–H and O–H groups in total. The minimum Gasteiger partial charge on any atom is -0.497 e. The van der Waals surface area contributed by atoms with Crippen molar-refractivity contribution in [3.63, 3.8) is 0 Å². The minimum atomic E-state index is -0.446. The molecule has 0 unspecified atom stereocenters. The average Bonchev–Trinajstić information content (AvgIpc) is 3.33. The van der Waals surface area contributed by atoms with Gasteiger partial charge in [-0.3, -0.25) is 14.3 Å². The zero-order chi connectivity index (χ0) is 19.7. The Balaban J connectivity index is 1.59. The highest BCUT2D eigenvalue weighted by atomic mass is 16.5. The third-order valence-corrected chi connectivity index (χ3v) is 4.14. The van der Waals surface area contributed by atoms with Gasteiger partial charge in [0, 0.05) is 29.6 Å². The van der Waals surface area contributed by atoms with Crippen molar-refractivity contribution in [2.24, 2.45) is 0 Å². The first-order valence-electron chi connectivity index (χ1n) is 8.36. The molecule has 10 nitrogen and oxygen atoms in total. The lowest BCUT2D eigenvalue weighted by Crippen LogP contribution is -2.16. The molecule has 0 atom stereocenters. The van der Waals surface area contributed by atoms with Crippen molar-refractivity contribution in [1.82, 2.24) is 29.8 Å². The number of aryl methyl sites for hydroxylation is 1. The molecule has 0 fully saturated rings. The van der Waals surface area contributed by atoms with Crippen LogP contribution in [0.1, 0.15) is 16.3 Å². The van der Waals surface area contributed by atoms with E-state index in [-0.39, 0.29) is 5.82 Å². The summed E-state index contributed by atoms with van der Waals surface area (Å²) in [5.74, 6) is 1.67. The molecule has 0 radical (unpaired) electrons. The quantitative estimate of drug-likeness (QED) is 0.545. The van der Waals surface area contributed by atoms with Crippen molar-refractivity contribution in [2.75, 3.05) is 19.5 Å². The van der Waals surface area contributed by atoms with Crippen molar-refractivity contribution < 1.29 is 14.3 Å². The van der Waals surface area contributed by atoms with Crippen molar-refractivity contribution in [3.8, 4) is 22.8 Å². The van der Waals surface area contributed by atoms with Gasteiger partial charge in [-0.05, 0) is 25.1 Å². The Morgan fingerprint density at radius 1 is 1.14 bits per heavy atom. The normalized spacial score (nSPS) is 10.8. The van der Waals surface area contributed by atoms with Gasteiger partial charge in [-0.25, -0.2) is 4.98 Å². The molecule has 4 rings (SSSR count). The highest BCUT2D eigenvalue weighted by molar-refractivity contribution is 6.01. The van der Waals surface area contributed by atoms with Crippen LogP contribution in [-0.4, -0.2) is 49.9 Å². The van der Waals surface area contributed by atoms with Gasteiger partial charge in [-0.15, -0.1) is 10.2 Å². The molecular weight excluding hydrogens is 362 g/mol. The van der Waals surface area contributed by atoms with E-state index < -0.39 is 5.91 Å². The molecule has 3 heterocycles. The van der Waals surface area contributed by atoms with Gasteiger partial charge in [0.15, 0.2) is 5.82 Å². The van der Waals surface area contributed by atoms with Gasteiger partial charge >= 0.3 is 0 Å². The van der Waals surface area contributed by atoms with E-state index in [0.717, 1.165) is 11.3 Å². The highest BCUT2D eigenvalue weighted by Gasteiger charge is 2.17.